The first-order valence-electron chi connectivity index (χ1n) is 5.99. The van der Waals surface area contributed by atoms with Crippen LogP contribution in [0.1, 0.15) is 19.8 Å². The van der Waals surface area contributed by atoms with Crippen LogP contribution in [0.25, 0.3) is 0 Å². The Morgan fingerprint density at radius 2 is 2.06 bits per heavy atom. The standard InChI is InChI=1S/C12H14N2O4/c1-7(8-2-3-8)13-9-4-11-12(18-6-17-11)5-10(9)14(15)16/h4-5,7-8,13H,2-3,6H2,1H3. The highest BCUT2D eigenvalue weighted by Crippen LogP contribution is 2.42. The molecule has 0 aromatic heterocycles. The van der Waals surface area contributed by atoms with Crippen molar-refractivity contribution in [3.05, 3.63) is 22.2 Å². The van der Waals surface area contributed by atoms with Gasteiger partial charge in [0.05, 0.1) is 11.0 Å². The Bertz CT molecular complexity index is 499. The van der Waals surface area contributed by atoms with Gasteiger partial charge in [-0.3, -0.25) is 10.1 Å². The number of ether oxygens (including phenoxy) is 2. The molecule has 1 N–H and O–H groups in total. The van der Waals surface area contributed by atoms with E-state index in [9.17, 15) is 10.1 Å². The largest absolute Gasteiger partial charge is 0.454 e. The van der Waals surface area contributed by atoms with Crippen LogP contribution in [0, 0.1) is 16.0 Å². The number of nitrogens with zero attached hydrogens (tertiary/aromatic N) is 1. The summed E-state index contributed by atoms with van der Waals surface area (Å²) in [5.74, 6) is 1.62. The maximum atomic E-state index is 11.1. The Kier molecular flexibility index (Phi) is 2.50. The molecular formula is C12H14N2O4. The molecule has 2 aliphatic rings. The van der Waals surface area contributed by atoms with E-state index in [0.29, 0.717) is 23.1 Å². The predicted molar refractivity (Wildman–Crippen MR) is 65.0 cm³/mol. The molecule has 6 nitrogen and oxygen atoms in total. The van der Waals surface area contributed by atoms with Gasteiger partial charge < -0.3 is 14.8 Å². The Morgan fingerprint density at radius 3 is 2.67 bits per heavy atom. The maximum Gasteiger partial charge on any atom is 0.296 e. The molecule has 0 saturated heterocycles. The Labute approximate surface area is 104 Å². The summed E-state index contributed by atoms with van der Waals surface area (Å²) >= 11 is 0. The second-order valence-corrected chi connectivity index (χ2v) is 4.75. The van der Waals surface area contributed by atoms with Crippen LogP contribution in [0.15, 0.2) is 12.1 Å². The monoisotopic (exact) mass is 250 g/mol. The molecule has 0 bridgehead atoms. The average Bonchev–Trinajstić information content (AvgIpc) is 3.08. The molecule has 1 unspecified atom stereocenters. The molecule has 1 fully saturated rings. The van der Waals surface area contributed by atoms with Gasteiger partial charge in [-0.25, -0.2) is 0 Å². The maximum absolute atomic E-state index is 11.1. The fraction of sp³-hybridized carbons (Fsp3) is 0.500. The van der Waals surface area contributed by atoms with Crippen LogP contribution in [0.2, 0.25) is 0 Å². The molecule has 1 aliphatic heterocycles. The van der Waals surface area contributed by atoms with Gasteiger partial charge in [0.1, 0.15) is 5.69 Å². The second kappa shape index (κ2) is 4.04. The predicted octanol–water partition coefficient (Wildman–Crippen LogP) is 2.53. The first-order chi connectivity index (χ1) is 8.65. The van der Waals surface area contributed by atoms with Crippen molar-refractivity contribution >= 4 is 11.4 Å². The zero-order chi connectivity index (χ0) is 12.7. The van der Waals surface area contributed by atoms with Gasteiger partial charge in [0.15, 0.2) is 11.5 Å². The summed E-state index contributed by atoms with van der Waals surface area (Å²) in [7, 11) is 0. The molecule has 3 rings (SSSR count). The molecule has 0 amide bonds. The first kappa shape index (κ1) is 11.1. The van der Waals surface area contributed by atoms with Crippen LogP contribution in [0.4, 0.5) is 11.4 Å². The van der Waals surface area contributed by atoms with E-state index >= 15 is 0 Å². The van der Waals surface area contributed by atoms with Crippen LogP contribution in [-0.2, 0) is 0 Å². The molecule has 18 heavy (non-hydrogen) atoms. The molecule has 1 aromatic carbocycles. The van der Waals surface area contributed by atoms with Crippen molar-refractivity contribution in [1.29, 1.82) is 0 Å². The fourth-order valence-electron chi connectivity index (χ4n) is 2.16. The van der Waals surface area contributed by atoms with E-state index in [-0.39, 0.29) is 18.5 Å². The Balaban J connectivity index is 1.92. The molecular weight excluding hydrogens is 236 g/mol. The third-order valence-electron chi connectivity index (χ3n) is 3.40. The van der Waals surface area contributed by atoms with Gasteiger partial charge in [0.25, 0.3) is 5.69 Å². The van der Waals surface area contributed by atoms with Gasteiger partial charge >= 0.3 is 0 Å². The lowest BCUT2D eigenvalue weighted by Crippen LogP contribution is -2.18. The van der Waals surface area contributed by atoms with Gasteiger partial charge in [0.2, 0.25) is 6.79 Å². The average molecular weight is 250 g/mol. The molecule has 1 heterocycles. The van der Waals surface area contributed by atoms with Crippen LogP contribution >= 0.6 is 0 Å². The highest BCUT2D eigenvalue weighted by atomic mass is 16.7. The number of hydrogen-bond donors (Lipinski definition) is 1. The summed E-state index contributed by atoms with van der Waals surface area (Å²) in [5.41, 5.74) is 0.537. The highest BCUT2D eigenvalue weighted by molar-refractivity contribution is 5.69. The zero-order valence-corrected chi connectivity index (χ0v) is 10.0. The number of fused-ring (bicyclic) bond motifs is 1. The second-order valence-electron chi connectivity index (χ2n) is 4.75. The van der Waals surface area contributed by atoms with Gasteiger partial charge in [0, 0.05) is 12.1 Å². The van der Waals surface area contributed by atoms with Crippen molar-refractivity contribution in [2.75, 3.05) is 12.1 Å². The Morgan fingerprint density at radius 1 is 1.39 bits per heavy atom. The van der Waals surface area contributed by atoms with E-state index in [4.69, 9.17) is 9.47 Å². The summed E-state index contributed by atoms with van der Waals surface area (Å²) in [6, 6.07) is 3.31. The fourth-order valence-corrected chi connectivity index (χ4v) is 2.16. The number of hydrogen-bond acceptors (Lipinski definition) is 5. The summed E-state index contributed by atoms with van der Waals surface area (Å²) in [5, 5.41) is 14.3. The number of anilines is 1. The van der Waals surface area contributed by atoms with Crippen LogP contribution in [0.3, 0.4) is 0 Å². The molecule has 1 aromatic rings. The molecule has 1 aliphatic carbocycles. The summed E-state index contributed by atoms with van der Waals surface area (Å²) < 4.78 is 10.4. The highest BCUT2D eigenvalue weighted by Gasteiger charge is 2.30. The number of rotatable bonds is 4. The van der Waals surface area contributed by atoms with Crippen molar-refractivity contribution in [2.45, 2.75) is 25.8 Å². The lowest BCUT2D eigenvalue weighted by molar-refractivity contribution is -0.384. The smallest absolute Gasteiger partial charge is 0.296 e. The zero-order valence-electron chi connectivity index (χ0n) is 10.0. The van der Waals surface area contributed by atoms with E-state index < -0.39 is 4.92 Å². The molecule has 96 valence electrons. The van der Waals surface area contributed by atoms with Crippen molar-refractivity contribution in [2.24, 2.45) is 5.92 Å². The Hall–Kier alpha value is -1.98. The summed E-state index contributed by atoms with van der Waals surface area (Å²) in [4.78, 5) is 10.7. The van der Waals surface area contributed by atoms with Gasteiger partial charge in [-0.05, 0) is 25.7 Å². The molecule has 0 spiro atoms. The van der Waals surface area contributed by atoms with E-state index in [0.717, 1.165) is 0 Å². The van der Waals surface area contributed by atoms with Gasteiger partial charge in [-0.15, -0.1) is 0 Å². The number of benzene rings is 1. The van der Waals surface area contributed by atoms with Crippen molar-refractivity contribution in [1.82, 2.24) is 0 Å². The lowest BCUT2D eigenvalue weighted by Gasteiger charge is -2.14. The normalized spacial score (nSPS) is 18.5. The van der Waals surface area contributed by atoms with Crippen molar-refractivity contribution < 1.29 is 14.4 Å². The van der Waals surface area contributed by atoms with E-state index in [1.54, 1.807) is 6.07 Å². The summed E-state index contributed by atoms with van der Waals surface area (Å²) in [6.07, 6.45) is 2.37. The number of nitro benzene ring substituents is 1. The van der Waals surface area contributed by atoms with Crippen LogP contribution in [-0.4, -0.2) is 17.8 Å². The quantitative estimate of drug-likeness (QED) is 0.656. The third-order valence-corrected chi connectivity index (χ3v) is 3.40. The van der Waals surface area contributed by atoms with Crippen molar-refractivity contribution in [3.63, 3.8) is 0 Å². The minimum Gasteiger partial charge on any atom is -0.454 e. The number of nitro groups is 1. The number of nitrogens with one attached hydrogen (secondary N) is 1. The van der Waals surface area contributed by atoms with Crippen LogP contribution in [0.5, 0.6) is 11.5 Å². The third kappa shape index (κ3) is 1.94. The first-order valence-corrected chi connectivity index (χ1v) is 5.99. The minimum atomic E-state index is -0.399. The van der Waals surface area contributed by atoms with Crippen molar-refractivity contribution in [3.8, 4) is 11.5 Å². The van der Waals surface area contributed by atoms with E-state index in [1.807, 2.05) is 6.92 Å². The molecule has 1 saturated carbocycles. The van der Waals surface area contributed by atoms with E-state index in [1.165, 1.54) is 18.9 Å². The SMILES string of the molecule is CC(Nc1cc2c(cc1[N+](=O)[O-])OCO2)C1CC1. The van der Waals surface area contributed by atoms with Crippen LogP contribution < -0.4 is 14.8 Å². The molecule has 1 atom stereocenters. The summed E-state index contributed by atoms with van der Waals surface area (Å²) in [6.45, 7) is 2.17. The molecule has 0 radical (unpaired) electrons. The molecule has 6 heteroatoms. The van der Waals surface area contributed by atoms with Gasteiger partial charge in [-0.1, -0.05) is 0 Å². The topological polar surface area (TPSA) is 73.6 Å². The van der Waals surface area contributed by atoms with E-state index in [2.05, 4.69) is 5.32 Å². The lowest BCUT2D eigenvalue weighted by atomic mass is 10.1. The minimum absolute atomic E-state index is 0.0340. The van der Waals surface area contributed by atoms with Gasteiger partial charge in [-0.2, -0.15) is 0 Å².